The topological polar surface area (TPSA) is 40.5 Å². The Bertz CT molecular complexity index is 184. The Morgan fingerprint density at radius 3 is 2.92 bits per heavy atom. The summed E-state index contributed by atoms with van der Waals surface area (Å²) >= 11 is 3.26. The third-order valence-corrected chi connectivity index (χ3v) is 2.85. The van der Waals surface area contributed by atoms with Crippen LogP contribution in [0, 0.1) is 0 Å². The molecule has 0 aromatic rings. The maximum atomic E-state index is 11.6. The second kappa shape index (κ2) is 4.96. The van der Waals surface area contributed by atoms with Crippen LogP contribution < -0.4 is 0 Å². The first-order valence-electron chi connectivity index (χ1n) is 4.72. The molecule has 1 aliphatic heterocycles. The van der Waals surface area contributed by atoms with E-state index in [1.54, 1.807) is 4.90 Å². The highest BCUT2D eigenvalue weighted by molar-refractivity contribution is 9.10. The lowest BCUT2D eigenvalue weighted by atomic mass is 10.0. The third-order valence-electron chi connectivity index (χ3n) is 2.46. The molecule has 1 fully saturated rings. The average molecular weight is 250 g/mol. The molecule has 13 heavy (non-hydrogen) atoms. The lowest BCUT2D eigenvalue weighted by Crippen LogP contribution is -2.47. The van der Waals surface area contributed by atoms with Gasteiger partial charge in [0.15, 0.2) is 0 Å². The van der Waals surface area contributed by atoms with Crippen molar-refractivity contribution >= 4 is 21.8 Å². The van der Waals surface area contributed by atoms with Gasteiger partial charge in [-0.05, 0) is 26.2 Å². The third kappa shape index (κ3) is 2.68. The summed E-state index contributed by atoms with van der Waals surface area (Å²) < 4.78 is 0. The zero-order valence-electron chi connectivity index (χ0n) is 7.87. The molecule has 1 amide bonds. The van der Waals surface area contributed by atoms with E-state index in [-0.39, 0.29) is 23.4 Å². The molecule has 0 aliphatic carbocycles. The van der Waals surface area contributed by atoms with Gasteiger partial charge in [-0.3, -0.25) is 4.79 Å². The van der Waals surface area contributed by atoms with Crippen molar-refractivity contribution in [1.29, 1.82) is 0 Å². The fourth-order valence-corrected chi connectivity index (χ4v) is 1.97. The van der Waals surface area contributed by atoms with Gasteiger partial charge in [0, 0.05) is 6.54 Å². The lowest BCUT2D eigenvalue weighted by molar-refractivity contribution is -0.134. The number of alkyl halides is 1. The summed E-state index contributed by atoms with van der Waals surface area (Å²) in [6, 6.07) is 0.0428. The molecular weight excluding hydrogens is 234 g/mol. The standard InChI is InChI=1S/C9H16BrNO2/c1-7(10)9(13)11-5-3-2-4-8(11)6-12/h7-8,12H,2-6H2,1H3. The van der Waals surface area contributed by atoms with Crippen LogP contribution in [-0.4, -0.2) is 39.9 Å². The van der Waals surface area contributed by atoms with Crippen molar-refractivity contribution in [2.75, 3.05) is 13.2 Å². The van der Waals surface area contributed by atoms with Gasteiger partial charge in [0.05, 0.1) is 17.5 Å². The highest BCUT2D eigenvalue weighted by Crippen LogP contribution is 2.18. The van der Waals surface area contributed by atoms with Crippen molar-refractivity contribution in [2.24, 2.45) is 0 Å². The number of rotatable bonds is 2. The molecule has 2 atom stereocenters. The number of piperidine rings is 1. The Labute approximate surface area is 87.2 Å². The van der Waals surface area contributed by atoms with Crippen molar-refractivity contribution in [3.05, 3.63) is 0 Å². The monoisotopic (exact) mass is 249 g/mol. The fourth-order valence-electron chi connectivity index (χ4n) is 1.71. The van der Waals surface area contributed by atoms with E-state index in [1.807, 2.05) is 6.92 Å². The number of halogens is 1. The number of aliphatic hydroxyl groups is 1. The quantitative estimate of drug-likeness (QED) is 0.747. The first kappa shape index (κ1) is 11.0. The molecule has 0 radical (unpaired) electrons. The number of hydrogen-bond acceptors (Lipinski definition) is 2. The number of nitrogens with zero attached hydrogens (tertiary/aromatic N) is 1. The SMILES string of the molecule is CC(Br)C(=O)N1CCCCC1CO. The maximum absolute atomic E-state index is 11.6. The molecule has 0 aromatic carbocycles. The average Bonchev–Trinajstić information content (AvgIpc) is 2.16. The van der Waals surface area contributed by atoms with Crippen LogP contribution in [-0.2, 0) is 4.79 Å². The van der Waals surface area contributed by atoms with E-state index in [9.17, 15) is 4.79 Å². The molecule has 4 heteroatoms. The highest BCUT2D eigenvalue weighted by Gasteiger charge is 2.27. The number of amides is 1. The van der Waals surface area contributed by atoms with Crippen LogP contribution in [0.2, 0.25) is 0 Å². The molecule has 0 aromatic heterocycles. The van der Waals surface area contributed by atoms with E-state index in [0.717, 1.165) is 25.8 Å². The molecule has 1 heterocycles. The van der Waals surface area contributed by atoms with Crippen LogP contribution in [0.15, 0.2) is 0 Å². The summed E-state index contributed by atoms with van der Waals surface area (Å²) in [5.41, 5.74) is 0. The zero-order chi connectivity index (χ0) is 9.84. The number of carbonyl (C=O) groups is 1. The summed E-state index contributed by atoms with van der Waals surface area (Å²) in [5.74, 6) is 0.0961. The van der Waals surface area contributed by atoms with E-state index >= 15 is 0 Å². The van der Waals surface area contributed by atoms with Gasteiger partial charge >= 0.3 is 0 Å². The van der Waals surface area contributed by atoms with E-state index in [2.05, 4.69) is 15.9 Å². The van der Waals surface area contributed by atoms with Gasteiger partial charge in [0.1, 0.15) is 0 Å². The second-order valence-corrected chi connectivity index (χ2v) is 4.85. The summed E-state index contributed by atoms with van der Waals surface area (Å²) in [7, 11) is 0. The van der Waals surface area contributed by atoms with Crippen molar-refractivity contribution < 1.29 is 9.90 Å². The molecule has 2 unspecified atom stereocenters. The maximum Gasteiger partial charge on any atom is 0.236 e. The Kier molecular flexibility index (Phi) is 4.19. The van der Waals surface area contributed by atoms with Gasteiger partial charge in [-0.25, -0.2) is 0 Å². The Morgan fingerprint density at radius 1 is 1.69 bits per heavy atom. The van der Waals surface area contributed by atoms with Gasteiger partial charge in [0.2, 0.25) is 5.91 Å². The molecule has 76 valence electrons. The number of hydrogen-bond donors (Lipinski definition) is 1. The summed E-state index contributed by atoms with van der Waals surface area (Å²) in [6.07, 6.45) is 3.11. The van der Waals surface area contributed by atoms with Crippen molar-refractivity contribution in [3.63, 3.8) is 0 Å². The van der Waals surface area contributed by atoms with Gasteiger partial charge in [0.25, 0.3) is 0 Å². The van der Waals surface area contributed by atoms with Gasteiger partial charge < -0.3 is 10.0 Å². The minimum absolute atomic E-state index is 0.0428. The molecule has 1 N–H and O–H groups in total. The molecule has 1 rings (SSSR count). The minimum atomic E-state index is -0.139. The second-order valence-electron chi connectivity index (χ2n) is 3.48. The molecular formula is C9H16BrNO2. The normalized spacial score (nSPS) is 25.8. The number of aliphatic hydroxyl groups excluding tert-OH is 1. The summed E-state index contributed by atoms with van der Waals surface area (Å²) in [4.78, 5) is 13.3. The minimum Gasteiger partial charge on any atom is -0.394 e. The first-order chi connectivity index (χ1) is 6.16. The van der Waals surface area contributed by atoms with Crippen LogP contribution >= 0.6 is 15.9 Å². The predicted molar refractivity (Wildman–Crippen MR) is 54.8 cm³/mol. The molecule has 0 bridgehead atoms. The van der Waals surface area contributed by atoms with Crippen molar-refractivity contribution in [3.8, 4) is 0 Å². The van der Waals surface area contributed by atoms with Crippen LogP contribution in [0.1, 0.15) is 26.2 Å². The van der Waals surface area contributed by atoms with Crippen LogP contribution in [0.25, 0.3) is 0 Å². The van der Waals surface area contributed by atoms with Crippen LogP contribution in [0.5, 0.6) is 0 Å². The Morgan fingerprint density at radius 2 is 2.38 bits per heavy atom. The number of carbonyl (C=O) groups excluding carboxylic acids is 1. The van der Waals surface area contributed by atoms with E-state index in [0.29, 0.717) is 0 Å². The van der Waals surface area contributed by atoms with E-state index in [4.69, 9.17) is 5.11 Å². The smallest absolute Gasteiger partial charge is 0.236 e. The van der Waals surface area contributed by atoms with Crippen LogP contribution in [0.3, 0.4) is 0 Å². The molecule has 3 nitrogen and oxygen atoms in total. The van der Waals surface area contributed by atoms with Gasteiger partial charge in [-0.2, -0.15) is 0 Å². The Hall–Kier alpha value is -0.0900. The van der Waals surface area contributed by atoms with Gasteiger partial charge in [-0.15, -0.1) is 0 Å². The predicted octanol–water partition coefficient (Wildman–Crippen LogP) is 1.14. The zero-order valence-corrected chi connectivity index (χ0v) is 9.46. The van der Waals surface area contributed by atoms with Crippen LogP contribution in [0.4, 0.5) is 0 Å². The summed E-state index contributed by atoms with van der Waals surface area (Å²) in [5, 5.41) is 9.08. The Balaban J connectivity index is 2.58. The van der Waals surface area contributed by atoms with E-state index in [1.165, 1.54) is 0 Å². The number of likely N-dealkylation sites (tertiary alicyclic amines) is 1. The molecule has 0 saturated carbocycles. The van der Waals surface area contributed by atoms with E-state index < -0.39 is 0 Å². The summed E-state index contributed by atoms with van der Waals surface area (Å²) in [6.45, 7) is 2.71. The first-order valence-corrected chi connectivity index (χ1v) is 5.63. The van der Waals surface area contributed by atoms with Gasteiger partial charge in [-0.1, -0.05) is 15.9 Å². The molecule has 0 spiro atoms. The van der Waals surface area contributed by atoms with Crippen molar-refractivity contribution in [1.82, 2.24) is 4.90 Å². The highest BCUT2D eigenvalue weighted by atomic mass is 79.9. The lowest BCUT2D eigenvalue weighted by Gasteiger charge is -2.35. The fraction of sp³-hybridized carbons (Fsp3) is 0.889. The molecule has 1 aliphatic rings. The molecule has 1 saturated heterocycles. The van der Waals surface area contributed by atoms with Crippen molar-refractivity contribution in [2.45, 2.75) is 37.1 Å². The largest absolute Gasteiger partial charge is 0.394 e.